The first-order chi connectivity index (χ1) is 10.1. The van der Waals surface area contributed by atoms with Gasteiger partial charge in [0.25, 0.3) is 0 Å². The second-order valence-electron chi connectivity index (χ2n) is 6.32. The van der Waals surface area contributed by atoms with Crippen LogP contribution in [-0.2, 0) is 14.3 Å². The molecule has 1 aliphatic carbocycles. The van der Waals surface area contributed by atoms with Crippen LogP contribution in [0.2, 0.25) is 0 Å². The van der Waals surface area contributed by atoms with E-state index in [0.717, 1.165) is 38.8 Å². The van der Waals surface area contributed by atoms with Crippen molar-refractivity contribution in [1.82, 2.24) is 10.6 Å². The number of carbonyl (C=O) groups excluding carboxylic acids is 1. The minimum Gasteiger partial charge on any atom is -0.481 e. The SMILES string of the molecule is COCC1(C(=O)NC2CCC(C(=O)O)CC2)CCNCC1. The van der Waals surface area contributed by atoms with Gasteiger partial charge in [-0.3, -0.25) is 9.59 Å². The van der Waals surface area contributed by atoms with E-state index in [2.05, 4.69) is 10.6 Å². The number of hydrogen-bond donors (Lipinski definition) is 3. The van der Waals surface area contributed by atoms with Crippen LogP contribution >= 0.6 is 0 Å². The lowest BCUT2D eigenvalue weighted by atomic mass is 9.78. The third kappa shape index (κ3) is 3.95. The molecule has 0 aromatic rings. The Morgan fingerprint density at radius 1 is 1.24 bits per heavy atom. The summed E-state index contributed by atoms with van der Waals surface area (Å²) in [4.78, 5) is 23.6. The maximum absolute atomic E-state index is 12.7. The molecule has 0 atom stereocenters. The van der Waals surface area contributed by atoms with Gasteiger partial charge in [0.1, 0.15) is 0 Å². The van der Waals surface area contributed by atoms with Gasteiger partial charge in [-0.1, -0.05) is 0 Å². The van der Waals surface area contributed by atoms with E-state index in [1.165, 1.54) is 0 Å². The lowest BCUT2D eigenvalue weighted by molar-refractivity contribution is -0.143. The number of aliphatic carboxylic acids is 1. The third-order valence-electron chi connectivity index (χ3n) is 4.87. The van der Waals surface area contributed by atoms with Gasteiger partial charge in [0.15, 0.2) is 0 Å². The zero-order valence-corrected chi connectivity index (χ0v) is 12.7. The highest BCUT2D eigenvalue weighted by atomic mass is 16.5. The maximum Gasteiger partial charge on any atom is 0.306 e. The normalized spacial score (nSPS) is 28.8. The van der Waals surface area contributed by atoms with Gasteiger partial charge in [-0.05, 0) is 51.6 Å². The zero-order valence-electron chi connectivity index (χ0n) is 12.7. The molecule has 0 spiro atoms. The molecule has 0 aromatic heterocycles. The van der Waals surface area contributed by atoms with Crippen molar-refractivity contribution in [3.8, 4) is 0 Å². The highest BCUT2D eigenvalue weighted by Crippen LogP contribution is 2.31. The van der Waals surface area contributed by atoms with E-state index in [-0.39, 0.29) is 17.9 Å². The number of methoxy groups -OCH3 is 1. The predicted molar refractivity (Wildman–Crippen MR) is 77.9 cm³/mol. The highest BCUT2D eigenvalue weighted by molar-refractivity contribution is 5.83. The van der Waals surface area contributed by atoms with Crippen LogP contribution in [0.4, 0.5) is 0 Å². The van der Waals surface area contributed by atoms with Crippen LogP contribution in [0.3, 0.4) is 0 Å². The van der Waals surface area contributed by atoms with E-state index in [4.69, 9.17) is 9.84 Å². The standard InChI is InChI=1S/C15H26N2O4/c1-21-10-15(6-8-16-9-7-15)14(20)17-12-4-2-11(3-5-12)13(18)19/h11-12,16H,2-10H2,1H3,(H,17,20)(H,18,19). The fourth-order valence-electron chi connectivity index (χ4n) is 3.44. The van der Waals surface area contributed by atoms with Crippen molar-refractivity contribution < 1.29 is 19.4 Å². The number of rotatable bonds is 5. The molecule has 120 valence electrons. The average molecular weight is 298 g/mol. The molecular weight excluding hydrogens is 272 g/mol. The van der Waals surface area contributed by atoms with Gasteiger partial charge in [-0.2, -0.15) is 0 Å². The summed E-state index contributed by atoms with van der Waals surface area (Å²) in [5.74, 6) is -0.886. The fourth-order valence-corrected chi connectivity index (χ4v) is 3.44. The van der Waals surface area contributed by atoms with Crippen molar-refractivity contribution in [3.05, 3.63) is 0 Å². The van der Waals surface area contributed by atoms with Crippen molar-refractivity contribution in [1.29, 1.82) is 0 Å². The molecule has 0 unspecified atom stereocenters. The van der Waals surface area contributed by atoms with Gasteiger partial charge in [-0.15, -0.1) is 0 Å². The minimum atomic E-state index is -0.714. The number of amides is 1. The van der Waals surface area contributed by atoms with Crippen LogP contribution in [0, 0.1) is 11.3 Å². The van der Waals surface area contributed by atoms with Crippen molar-refractivity contribution in [3.63, 3.8) is 0 Å². The van der Waals surface area contributed by atoms with Gasteiger partial charge < -0.3 is 20.5 Å². The number of carboxylic acid groups (broad SMARTS) is 1. The minimum absolute atomic E-state index is 0.0737. The summed E-state index contributed by atoms with van der Waals surface area (Å²) in [5.41, 5.74) is -0.427. The molecule has 1 saturated carbocycles. The van der Waals surface area contributed by atoms with E-state index in [9.17, 15) is 9.59 Å². The highest BCUT2D eigenvalue weighted by Gasteiger charge is 2.40. The Morgan fingerprint density at radius 2 is 1.86 bits per heavy atom. The summed E-state index contributed by atoms with van der Waals surface area (Å²) in [6.07, 6.45) is 4.39. The van der Waals surface area contributed by atoms with Gasteiger partial charge >= 0.3 is 5.97 Å². The first-order valence-corrected chi connectivity index (χ1v) is 7.81. The van der Waals surface area contributed by atoms with Crippen molar-refractivity contribution >= 4 is 11.9 Å². The summed E-state index contributed by atoms with van der Waals surface area (Å²) in [6.45, 7) is 2.12. The van der Waals surface area contributed by atoms with Crippen LogP contribution in [0.5, 0.6) is 0 Å². The Kier molecular flexibility index (Phi) is 5.58. The van der Waals surface area contributed by atoms with E-state index in [1.54, 1.807) is 7.11 Å². The summed E-state index contributed by atoms with van der Waals surface area (Å²) in [6, 6.07) is 0.108. The second-order valence-corrected chi connectivity index (χ2v) is 6.32. The summed E-state index contributed by atoms with van der Waals surface area (Å²) >= 11 is 0. The molecule has 2 fully saturated rings. The summed E-state index contributed by atoms with van der Waals surface area (Å²) in [7, 11) is 1.63. The number of hydrogen-bond acceptors (Lipinski definition) is 4. The molecule has 2 rings (SSSR count). The van der Waals surface area contributed by atoms with Crippen molar-refractivity contribution in [2.75, 3.05) is 26.8 Å². The molecule has 3 N–H and O–H groups in total. The lowest BCUT2D eigenvalue weighted by Crippen LogP contribution is -2.53. The molecule has 1 saturated heterocycles. The summed E-state index contributed by atoms with van der Waals surface area (Å²) < 4.78 is 5.28. The van der Waals surface area contributed by atoms with E-state index >= 15 is 0 Å². The lowest BCUT2D eigenvalue weighted by Gasteiger charge is -2.37. The number of carbonyl (C=O) groups is 2. The quantitative estimate of drug-likeness (QED) is 0.697. The number of ether oxygens (including phenoxy) is 1. The van der Waals surface area contributed by atoms with Crippen LogP contribution < -0.4 is 10.6 Å². The zero-order chi connectivity index (χ0) is 15.3. The van der Waals surface area contributed by atoms with Gasteiger partial charge in [-0.25, -0.2) is 0 Å². The Labute approximate surface area is 125 Å². The van der Waals surface area contributed by atoms with Crippen molar-refractivity contribution in [2.45, 2.75) is 44.6 Å². The Balaban J connectivity index is 1.89. The van der Waals surface area contributed by atoms with Gasteiger partial charge in [0, 0.05) is 13.2 Å². The summed E-state index contributed by atoms with van der Waals surface area (Å²) in [5, 5.41) is 15.4. The molecule has 6 nitrogen and oxygen atoms in total. The molecule has 0 radical (unpaired) electrons. The molecule has 1 amide bonds. The number of nitrogens with one attached hydrogen (secondary N) is 2. The largest absolute Gasteiger partial charge is 0.481 e. The Bertz CT molecular complexity index is 366. The monoisotopic (exact) mass is 298 g/mol. The molecule has 6 heteroatoms. The van der Waals surface area contributed by atoms with Crippen LogP contribution in [0.25, 0.3) is 0 Å². The van der Waals surface area contributed by atoms with Gasteiger partial charge in [0.2, 0.25) is 5.91 Å². The van der Waals surface area contributed by atoms with Crippen LogP contribution in [0.15, 0.2) is 0 Å². The number of piperidine rings is 1. The van der Waals surface area contributed by atoms with E-state index < -0.39 is 11.4 Å². The first-order valence-electron chi connectivity index (χ1n) is 7.81. The molecule has 1 aliphatic heterocycles. The molecule has 1 heterocycles. The Hall–Kier alpha value is -1.14. The maximum atomic E-state index is 12.7. The van der Waals surface area contributed by atoms with Crippen LogP contribution in [-0.4, -0.2) is 49.8 Å². The number of carboxylic acids is 1. The molecule has 21 heavy (non-hydrogen) atoms. The second kappa shape index (κ2) is 7.22. The molecule has 0 bridgehead atoms. The van der Waals surface area contributed by atoms with E-state index in [1.807, 2.05) is 0 Å². The first kappa shape index (κ1) is 16.2. The topological polar surface area (TPSA) is 87.7 Å². The predicted octanol–water partition coefficient (Wildman–Crippen LogP) is 0.762. The molecular formula is C15H26N2O4. The third-order valence-corrected chi connectivity index (χ3v) is 4.87. The molecule has 0 aromatic carbocycles. The fraction of sp³-hybridized carbons (Fsp3) is 0.867. The Morgan fingerprint density at radius 3 is 2.38 bits per heavy atom. The van der Waals surface area contributed by atoms with Gasteiger partial charge in [0.05, 0.1) is 17.9 Å². The smallest absolute Gasteiger partial charge is 0.306 e. The average Bonchev–Trinajstić information content (AvgIpc) is 2.49. The molecule has 2 aliphatic rings. The van der Waals surface area contributed by atoms with Crippen LogP contribution in [0.1, 0.15) is 38.5 Å². The van der Waals surface area contributed by atoms with E-state index in [0.29, 0.717) is 19.4 Å². The van der Waals surface area contributed by atoms with Crippen molar-refractivity contribution in [2.24, 2.45) is 11.3 Å².